The Bertz CT molecular complexity index is 1090. The number of amides is 1. The fourth-order valence-corrected chi connectivity index (χ4v) is 4.01. The summed E-state index contributed by atoms with van der Waals surface area (Å²) in [7, 11) is 2.08. The van der Waals surface area contributed by atoms with Crippen molar-refractivity contribution in [2.24, 2.45) is 0 Å². The molecular weight excluding hydrogens is 396 g/mol. The first-order chi connectivity index (χ1) is 14.5. The predicted octanol–water partition coefficient (Wildman–Crippen LogP) is 5.62. The maximum atomic E-state index is 12.3. The van der Waals surface area contributed by atoms with Crippen molar-refractivity contribution >= 4 is 46.1 Å². The zero-order valence-electron chi connectivity index (χ0n) is 17.2. The molecule has 0 saturated heterocycles. The summed E-state index contributed by atoms with van der Waals surface area (Å²) in [6.45, 7) is 1.99. The highest BCUT2D eigenvalue weighted by atomic mass is 35.5. The number of halogens is 1. The first-order valence-electron chi connectivity index (χ1n) is 10.3. The fourth-order valence-electron chi connectivity index (χ4n) is 3.89. The lowest BCUT2D eigenvalue weighted by molar-refractivity contribution is -0.111. The monoisotopic (exact) mass is 420 g/mol. The quantitative estimate of drug-likeness (QED) is 0.544. The van der Waals surface area contributed by atoms with Crippen LogP contribution in [0.4, 0.5) is 11.6 Å². The van der Waals surface area contributed by atoms with E-state index in [0.29, 0.717) is 11.1 Å². The van der Waals surface area contributed by atoms with E-state index in [1.54, 1.807) is 18.2 Å². The summed E-state index contributed by atoms with van der Waals surface area (Å²) in [4.78, 5) is 24.0. The number of rotatable bonds is 5. The number of hydrogen-bond acceptors (Lipinski definition) is 4. The van der Waals surface area contributed by atoms with Crippen molar-refractivity contribution in [3.63, 3.8) is 0 Å². The molecule has 1 N–H and O–H groups in total. The molecule has 6 heteroatoms. The van der Waals surface area contributed by atoms with Crippen LogP contribution in [0.25, 0.3) is 17.0 Å². The molecule has 0 aliphatic heterocycles. The first-order valence-corrected chi connectivity index (χ1v) is 10.6. The number of anilines is 2. The molecule has 1 aliphatic carbocycles. The van der Waals surface area contributed by atoms with E-state index in [0.717, 1.165) is 33.8 Å². The number of carbonyl (C=O) groups is 1. The van der Waals surface area contributed by atoms with Crippen LogP contribution < -0.4 is 10.2 Å². The molecule has 0 spiro atoms. The van der Waals surface area contributed by atoms with Gasteiger partial charge in [-0.25, -0.2) is 9.97 Å². The van der Waals surface area contributed by atoms with Gasteiger partial charge in [-0.2, -0.15) is 0 Å². The van der Waals surface area contributed by atoms with Crippen LogP contribution in [0, 0.1) is 6.92 Å². The molecular formula is C24H25ClN4O. The maximum absolute atomic E-state index is 12.3. The third-order valence-corrected chi connectivity index (χ3v) is 5.88. The molecule has 1 amide bonds. The van der Waals surface area contributed by atoms with Crippen molar-refractivity contribution in [2.45, 2.75) is 38.6 Å². The van der Waals surface area contributed by atoms with Crippen LogP contribution in [0.3, 0.4) is 0 Å². The highest BCUT2D eigenvalue weighted by Crippen LogP contribution is 2.27. The fraction of sp³-hybridized carbons (Fsp3) is 0.292. The molecule has 0 radical (unpaired) electrons. The number of benzene rings is 2. The second kappa shape index (κ2) is 8.84. The van der Waals surface area contributed by atoms with Gasteiger partial charge in [0.05, 0.1) is 11.2 Å². The summed E-state index contributed by atoms with van der Waals surface area (Å²) in [5, 5.41) is 4.52. The maximum Gasteiger partial charge on any atom is 0.248 e. The second-order valence-corrected chi connectivity index (χ2v) is 8.20. The van der Waals surface area contributed by atoms with Crippen LogP contribution in [0.2, 0.25) is 5.02 Å². The average Bonchev–Trinajstić information content (AvgIpc) is 3.28. The molecule has 1 fully saturated rings. The molecule has 1 aromatic heterocycles. The van der Waals surface area contributed by atoms with Gasteiger partial charge >= 0.3 is 0 Å². The van der Waals surface area contributed by atoms with Gasteiger partial charge in [0.25, 0.3) is 0 Å². The summed E-state index contributed by atoms with van der Waals surface area (Å²) in [6, 6.07) is 13.6. The number of nitrogens with zero attached hydrogens (tertiary/aromatic N) is 3. The van der Waals surface area contributed by atoms with Gasteiger partial charge in [0, 0.05) is 35.3 Å². The predicted molar refractivity (Wildman–Crippen MR) is 124 cm³/mol. The molecule has 0 bridgehead atoms. The van der Waals surface area contributed by atoms with Crippen LogP contribution in [0.15, 0.2) is 48.5 Å². The third-order valence-electron chi connectivity index (χ3n) is 5.63. The Balaban J connectivity index is 1.50. The largest absolute Gasteiger partial charge is 0.341 e. The minimum Gasteiger partial charge on any atom is -0.341 e. The standard InChI is InChI=1S/C24H25ClN4O/c1-16-21-15-19(27-23(30)14-9-17-7-10-18(25)11-8-17)12-13-22(21)28-24(26-16)29(2)20-5-3-4-6-20/h7-15,20H,3-6H2,1-2H3,(H,27,30)/b14-9+. The Morgan fingerprint density at radius 1 is 1.13 bits per heavy atom. The molecule has 1 heterocycles. The first kappa shape index (κ1) is 20.4. The molecule has 0 atom stereocenters. The Kier molecular flexibility index (Phi) is 6.00. The molecule has 4 rings (SSSR count). The van der Waals surface area contributed by atoms with Gasteiger partial charge in [-0.1, -0.05) is 36.6 Å². The lowest BCUT2D eigenvalue weighted by Gasteiger charge is -2.24. The molecule has 30 heavy (non-hydrogen) atoms. The third kappa shape index (κ3) is 4.62. The minimum absolute atomic E-state index is 0.194. The van der Waals surface area contributed by atoms with Crippen molar-refractivity contribution in [3.8, 4) is 0 Å². The molecule has 154 valence electrons. The van der Waals surface area contributed by atoms with Crippen LogP contribution in [0.1, 0.15) is 36.9 Å². The Morgan fingerprint density at radius 2 is 1.87 bits per heavy atom. The number of fused-ring (bicyclic) bond motifs is 1. The van der Waals surface area contributed by atoms with Gasteiger partial charge in [0.1, 0.15) is 0 Å². The Labute approximate surface area is 181 Å². The highest BCUT2D eigenvalue weighted by Gasteiger charge is 2.22. The second-order valence-electron chi connectivity index (χ2n) is 7.76. The molecule has 2 aromatic carbocycles. The number of carbonyl (C=O) groups excluding carboxylic acids is 1. The topological polar surface area (TPSA) is 58.1 Å². The van der Waals surface area contributed by atoms with Gasteiger partial charge in [0.15, 0.2) is 0 Å². The van der Waals surface area contributed by atoms with Gasteiger partial charge in [-0.3, -0.25) is 4.79 Å². The van der Waals surface area contributed by atoms with Crippen LogP contribution in [0.5, 0.6) is 0 Å². The van der Waals surface area contributed by atoms with E-state index in [4.69, 9.17) is 21.6 Å². The van der Waals surface area contributed by atoms with Crippen molar-refractivity contribution < 1.29 is 4.79 Å². The number of aryl methyl sites for hydroxylation is 1. The lowest BCUT2D eigenvalue weighted by Crippen LogP contribution is -2.30. The van der Waals surface area contributed by atoms with Crippen LogP contribution >= 0.6 is 11.6 Å². The van der Waals surface area contributed by atoms with E-state index in [9.17, 15) is 4.79 Å². The van der Waals surface area contributed by atoms with Crippen LogP contribution in [-0.4, -0.2) is 29.0 Å². The summed E-state index contributed by atoms with van der Waals surface area (Å²) in [6.07, 6.45) is 8.22. The summed E-state index contributed by atoms with van der Waals surface area (Å²) < 4.78 is 0. The summed E-state index contributed by atoms with van der Waals surface area (Å²) >= 11 is 5.89. The Hall–Kier alpha value is -2.92. The van der Waals surface area contributed by atoms with Gasteiger partial charge in [0.2, 0.25) is 11.9 Å². The van der Waals surface area contributed by atoms with E-state index < -0.39 is 0 Å². The molecule has 0 unspecified atom stereocenters. The number of hydrogen-bond donors (Lipinski definition) is 1. The van der Waals surface area contributed by atoms with E-state index in [-0.39, 0.29) is 5.91 Å². The zero-order valence-corrected chi connectivity index (χ0v) is 18.0. The van der Waals surface area contributed by atoms with Gasteiger partial charge in [-0.05, 0) is 61.7 Å². The Morgan fingerprint density at radius 3 is 2.60 bits per heavy atom. The average molecular weight is 421 g/mol. The molecule has 1 aliphatic rings. The zero-order chi connectivity index (χ0) is 21.1. The van der Waals surface area contributed by atoms with E-state index in [1.165, 1.54) is 31.8 Å². The van der Waals surface area contributed by atoms with Gasteiger partial charge < -0.3 is 10.2 Å². The summed E-state index contributed by atoms with van der Waals surface area (Å²) in [5.41, 5.74) is 3.43. The van der Waals surface area contributed by atoms with Crippen molar-refractivity contribution in [1.82, 2.24) is 9.97 Å². The SMILES string of the molecule is Cc1nc(N(C)C2CCCC2)nc2ccc(NC(=O)/C=C/c3ccc(Cl)cc3)cc12. The highest BCUT2D eigenvalue weighted by molar-refractivity contribution is 6.30. The number of nitrogens with one attached hydrogen (secondary N) is 1. The van der Waals surface area contributed by atoms with Crippen molar-refractivity contribution in [2.75, 3.05) is 17.3 Å². The van der Waals surface area contributed by atoms with Crippen LogP contribution in [-0.2, 0) is 4.79 Å². The van der Waals surface area contributed by atoms with E-state index in [2.05, 4.69) is 17.3 Å². The molecule has 5 nitrogen and oxygen atoms in total. The van der Waals surface area contributed by atoms with E-state index in [1.807, 2.05) is 37.3 Å². The molecule has 1 saturated carbocycles. The number of aromatic nitrogens is 2. The van der Waals surface area contributed by atoms with E-state index >= 15 is 0 Å². The smallest absolute Gasteiger partial charge is 0.248 e. The van der Waals surface area contributed by atoms with Crippen molar-refractivity contribution in [1.29, 1.82) is 0 Å². The van der Waals surface area contributed by atoms with Crippen molar-refractivity contribution in [3.05, 3.63) is 64.8 Å². The lowest BCUT2D eigenvalue weighted by atomic mass is 10.1. The van der Waals surface area contributed by atoms with Gasteiger partial charge in [-0.15, -0.1) is 0 Å². The minimum atomic E-state index is -0.194. The normalized spacial score (nSPS) is 14.5. The summed E-state index contributed by atoms with van der Waals surface area (Å²) in [5.74, 6) is 0.579. The molecule has 3 aromatic rings.